The fourth-order valence-electron chi connectivity index (χ4n) is 4.61. The predicted molar refractivity (Wildman–Crippen MR) is 129 cm³/mol. The van der Waals surface area contributed by atoms with Crippen molar-refractivity contribution in [1.29, 1.82) is 0 Å². The fourth-order valence-corrected chi connectivity index (χ4v) is 6.00. The molecule has 2 fully saturated rings. The molecule has 5 rings (SSSR count). The van der Waals surface area contributed by atoms with Crippen LogP contribution in [0.3, 0.4) is 0 Å². The van der Waals surface area contributed by atoms with Crippen LogP contribution in [0.25, 0.3) is 17.0 Å². The van der Waals surface area contributed by atoms with E-state index in [4.69, 9.17) is 12.2 Å². The molecule has 2 aliphatic rings. The zero-order valence-corrected chi connectivity index (χ0v) is 18.7. The van der Waals surface area contributed by atoms with Crippen LogP contribution in [0.4, 0.5) is 4.39 Å². The summed E-state index contributed by atoms with van der Waals surface area (Å²) in [6.45, 7) is 0.435. The van der Waals surface area contributed by atoms with Gasteiger partial charge in [0.2, 0.25) is 0 Å². The van der Waals surface area contributed by atoms with E-state index >= 15 is 0 Å². The van der Waals surface area contributed by atoms with E-state index in [9.17, 15) is 9.18 Å². The summed E-state index contributed by atoms with van der Waals surface area (Å²) in [6, 6.07) is 15.1. The van der Waals surface area contributed by atoms with Gasteiger partial charge >= 0.3 is 0 Å². The van der Waals surface area contributed by atoms with Crippen molar-refractivity contribution in [2.75, 3.05) is 0 Å². The van der Waals surface area contributed by atoms with Gasteiger partial charge in [0, 0.05) is 34.3 Å². The van der Waals surface area contributed by atoms with Gasteiger partial charge in [-0.2, -0.15) is 0 Å². The molecule has 0 radical (unpaired) electrons. The average molecular weight is 451 g/mol. The van der Waals surface area contributed by atoms with E-state index < -0.39 is 0 Å². The molecular formula is C25H23FN2OS2. The number of thioether (sulfide) groups is 1. The number of carbonyl (C=O) groups excluding carboxylic acids is 1. The lowest BCUT2D eigenvalue weighted by molar-refractivity contribution is -0.124. The second kappa shape index (κ2) is 8.60. The maximum Gasteiger partial charge on any atom is 0.266 e. The first-order chi connectivity index (χ1) is 15.1. The molecule has 1 aromatic heterocycles. The third kappa shape index (κ3) is 3.94. The van der Waals surface area contributed by atoms with Crippen molar-refractivity contribution in [2.45, 2.75) is 44.7 Å². The standard InChI is InChI=1S/C25H23FN2OS2/c26-21-12-6-4-8-17(21)15-27-16-18(20-11-5-7-13-22(20)27)14-23-24(29)28(25(30)31-23)19-9-2-1-3-10-19/h4-8,11-14,16,19H,1-3,9-10,15H2. The van der Waals surface area contributed by atoms with Crippen molar-refractivity contribution in [1.82, 2.24) is 9.47 Å². The van der Waals surface area contributed by atoms with Crippen molar-refractivity contribution in [3.05, 3.63) is 76.6 Å². The molecule has 31 heavy (non-hydrogen) atoms. The van der Waals surface area contributed by atoms with Gasteiger partial charge in [0.25, 0.3) is 5.91 Å². The zero-order valence-electron chi connectivity index (χ0n) is 17.1. The van der Waals surface area contributed by atoms with E-state index in [1.807, 2.05) is 52.1 Å². The van der Waals surface area contributed by atoms with E-state index in [1.165, 1.54) is 24.2 Å². The number of aromatic nitrogens is 1. The van der Waals surface area contributed by atoms with Crippen molar-refractivity contribution >= 4 is 51.2 Å². The number of rotatable bonds is 4. The summed E-state index contributed by atoms with van der Waals surface area (Å²) in [5.74, 6) is -0.192. The van der Waals surface area contributed by atoms with E-state index in [-0.39, 0.29) is 17.8 Å². The Bertz CT molecular complexity index is 1190. The number of fused-ring (bicyclic) bond motifs is 1. The van der Waals surface area contributed by atoms with E-state index in [0.29, 0.717) is 21.3 Å². The van der Waals surface area contributed by atoms with Gasteiger partial charge in [-0.05, 0) is 31.1 Å². The minimum absolute atomic E-state index is 0.0211. The van der Waals surface area contributed by atoms with E-state index in [2.05, 4.69) is 0 Å². The molecule has 1 saturated heterocycles. The Morgan fingerprint density at radius 2 is 1.81 bits per heavy atom. The number of carbonyl (C=O) groups is 1. The Hall–Kier alpha value is -2.44. The highest BCUT2D eigenvalue weighted by molar-refractivity contribution is 8.26. The lowest BCUT2D eigenvalue weighted by Gasteiger charge is -2.29. The van der Waals surface area contributed by atoms with Crippen LogP contribution in [-0.2, 0) is 11.3 Å². The number of hydrogen-bond acceptors (Lipinski definition) is 3. The summed E-state index contributed by atoms with van der Waals surface area (Å²) < 4.78 is 16.9. The maximum absolute atomic E-state index is 14.2. The van der Waals surface area contributed by atoms with Gasteiger partial charge < -0.3 is 4.57 Å². The summed E-state index contributed by atoms with van der Waals surface area (Å²) in [5, 5.41) is 1.04. The van der Waals surface area contributed by atoms with Gasteiger partial charge in [0.05, 0.1) is 11.4 Å². The van der Waals surface area contributed by atoms with Crippen LogP contribution in [0.2, 0.25) is 0 Å². The Morgan fingerprint density at radius 3 is 2.61 bits per heavy atom. The Kier molecular flexibility index (Phi) is 5.67. The first-order valence-electron chi connectivity index (χ1n) is 10.7. The van der Waals surface area contributed by atoms with Crippen molar-refractivity contribution in [2.24, 2.45) is 0 Å². The third-order valence-electron chi connectivity index (χ3n) is 6.17. The molecule has 1 saturated carbocycles. The number of benzene rings is 2. The highest BCUT2D eigenvalue weighted by Crippen LogP contribution is 2.38. The highest BCUT2D eigenvalue weighted by Gasteiger charge is 2.37. The molecule has 0 bridgehead atoms. The van der Waals surface area contributed by atoms with Crippen LogP contribution in [-0.4, -0.2) is 25.7 Å². The summed E-state index contributed by atoms with van der Waals surface area (Å²) in [6.07, 6.45) is 9.56. The van der Waals surface area contributed by atoms with Crippen molar-refractivity contribution in [3.63, 3.8) is 0 Å². The summed E-state index contributed by atoms with van der Waals surface area (Å²) in [5.41, 5.74) is 2.61. The zero-order chi connectivity index (χ0) is 21.4. The number of para-hydroxylation sites is 1. The molecule has 1 aliphatic heterocycles. The second-order valence-electron chi connectivity index (χ2n) is 8.16. The monoisotopic (exact) mass is 450 g/mol. The van der Waals surface area contributed by atoms with Gasteiger partial charge in [-0.25, -0.2) is 4.39 Å². The van der Waals surface area contributed by atoms with Crippen LogP contribution in [0.15, 0.2) is 59.6 Å². The first kappa shape index (κ1) is 20.5. The molecule has 158 valence electrons. The van der Waals surface area contributed by atoms with Gasteiger partial charge in [-0.15, -0.1) is 0 Å². The van der Waals surface area contributed by atoms with Crippen LogP contribution >= 0.6 is 24.0 Å². The van der Waals surface area contributed by atoms with Crippen LogP contribution in [0, 0.1) is 5.82 Å². The predicted octanol–water partition coefficient (Wildman–Crippen LogP) is 6.36. The van der Waals surface area contributed by atoms with E-state index in [1.54, 1.807) is 12.1 Å². The number of nitrogens with zero attached hydrogens (tertiary/aromatic N) is 2. The minimum Gasteiger partial charge on any atom is -0.342 e. The lowest BCUT2D eigenvalue weighted by atomic mass is 9.94. The third-order valence-corrected chi connectivity index (χ3v) is 7.50. The molecule has 2 heterocycles. The number of thiocarbonyl (C=S) groups is 1. The van der Waals surface area contributed by atoms with Gasteiger partial charge in [-0.3, -0.25) is 9.69 Å². The molecule has 0 N–H and O–H groups in total. The molecule has 0 atom stereocenters. The van der Waals surface area contributed by atoms with Gasteiger partial charge in [0.15, 0.2) is 0 Å². The smallest absolute Gasteiger partial charge is 0.266 e. The fraction of sp³-hybridized carbons (Fsp3) is 0.280. The molecule has 1 aliphatic carbocycles. The van der Waals surface area contributed by atoms with Gasteiger partial charge in [-0.1, -0.05) is 79.6 Å². The highest BCUT2D eigenvalue weighted by atomic mass is 32.2. The summed E-state index contributed by atoms with van der Waals surface area (Å²) in [4.78, 5) is 15.7. The second-order valence-corrected chi connectivity index (χ2v) is 9.84. The number of amides is 1. The molecule has 3 nitrogen and oxygen atoms in total. The normalized spacial score (nSPS) is 19.1. The Balaban J connectivity index is 1.49. The Labute approximate surface area is 190 Å². The molecular weight excluding hydrogens is 427 g/mol. The van der Waals surface area contributed by atoms with Crippen molar-refractivity contribution < 1.29 is 9.18 Å². The molecule has 2 aromatic carbocycles. The molecule has 0 unspecified atom stereocenters. The Morgan fingerprint density at radius 1 is 1.06 bits per heavy atom. The van der Waals surface area contributed by atoms with Gasteiger partial charge in [0.1, 0.15) is 10.1 Å². The van der Waals surface area contributed by atoms with Crippen LogP contribution in [0.1, 0.15) is 43.2 Å². The largest absolute Gasteiger partial charge is 0.342 e. The first-order valence-corrected chi connectivity index (χ1v) is 11.9. The topological polar surface area (TPSA) is 25.2 Å². The van der Waals surface area contributed by atoms with Crippen molar-refractivity contribution in [3.8, 4) is 0 Å². The molecule has 3 aromatic rings. The minimum atomic E-state index is -0.213. The number of hydrogen-bond donors (Lipinski definition) is 0. The van der Waals surface area contributed by atoms with Crippen LogP contribution in [0.5, 0.6) is 0 Å². The van der Waals surface area contributed by atoms with Crippen LogP contribution < -0.4 is 0 Å². The average Bonchev–Trinajstić information content (AvgIpc) is 3.27. The summed E-state index contributed by atoms with van der Waals surface area (Å²) >= 11 is 6.97. The number of halogens is 1. The summed E-state index contributed by atoms with van der Waals surface area (Å²) in [7, 11) is 0. The van der Waals surface area contributed by atoms with E-state index in [0.717, 1.165) is 42.1 Å². The quantitative estimate of drug-likeness (QED) is 0.341. The molecule has 6 heteroatoms. The molecule has 1 amide bonds. The lowest BCUT2D eigenvalue weighted by Crippen LogP contribution is -2.39. The maximum atomic E-state index is 14.2. The SMILES string of the molecule is O=C1C(=Cc2cn(Cc3ccccc3F)c3ccccc23)SC(=S)N1C1CCCCC1. The molecule has 0 spiro atoms.